The van der Waals surface area contributed by atoms with Crippen molar-refractivity contribution in [2.24, 2.45) is 11.0 Å². The van der Waals surface area contributed by atoms with Crippen molar-refractivity contribution in [2.75, 3.05) is 12.0 Å². The van der Waals surface area contributed by atoms with Crippen LogP contribution in [-0.4, -0.2) is 12.8 Å². The van der Waals surface area contributed by atoms with Gasteiger partial charge in [0, 0.05) is 0 Å². The molecule has 0 aromatic heterocycles. The Balaban J connectivity index is 1.91. The highest BCUT2D eigenvalue weighted by atomic mass is 16.5. The summed E-state index contributed by atoms with van der Waals surface area (Å²) in [6.45, 7) is 9.21. The van der Waals surface area contributed by atoms with Gasteiger partial charge in [0.1, 0.15) is 5.75 Å². The van der Waals surface area contributed by atoms with E-state index in [1.54, 1.807) is 6.21 Å². The molecular formula is C19H24N2O. The SMILES string of the molecule is Cc1ccc(N/N=C/c2ccc(OCC(C)C)cc2)cc1C. The summed E-state index contributed by atoms with van der Waals surface area (Å²) >= 11 is 0. The summed E-state index contributed by atoms with van der Waals surface area (Å²) in [4.78, 5) is 0. The van der Waals surface area contributed by atoms with Crippen LogP contribution in [0.15, 0.2) is 47.6 Å². The van der Waals surface area contributed by atoms with Crippen LogP contribution in [0, 0.1) is 19.8 Å². The molecular weight excluding hydrogens is 272 g/mol. The lowest BCUT2D eigenvalue weighted by molar-refractivity contribution is 0.271. The van der Waals surface area contributed by atoms with E-state index in [9.17, 15) is 0 Å². The monoisotopic (exact) mass is 296 g/mol. The van der Waals surface area contributed by atoms with Crippen molar-refractivity contribution >= 4 is 11.9 Å². The van der Waals surface area contributed by atoms with Gasteiger partial charge >= 0.3 is 0 Å². The molecule has 0 aliphatic carbocycles. The molecule has 3 nitrogen and oxygen atoms in total. The van der Waals surface area contributed by atoms with E-state index in [2.05, 4.69) is 50.4 Å². The Bertz CT molecular complexity index is 630. The molecule has 116 valence electrons. The predicted octanol–water partition coefficient (Wildman–Crippen LogP) is 4.78. The maximum Gasteiger partial charge on any atom is 0.119 e. The van der Waals surface area contributed by atoms with Crippen molar-refractivity contribution in [3.63, 3.8) is 0 Å². The van der Waals surface area contributed by atoms with Gasteiger partial charge in [0.2, 0.25) is 0 Å². The topological polar surface area (TPSA) is 33.6 Å². The Morgan fingerprint density at radius 1 is 1.05 bits per heavy atom. The normalized spacial score (nSPS) is 11.1. The molecule has 2 aromatic rings. The largest absolute Gasteiger partial charge is 0.493 e. The highest BCUT2D eigenvalue weighted by Gasteiger charge is 1.97. The second-order valence-electron chi connectivity index (χ2n) is 5.94. The van der Waals surface area contributed by atoms with E-state index in [1.807, 2.05) is 30.3 Å². The van der Waals surface area contributed by atoms with E-state index >= 15 is 0 Å². The van der Waals surface area contributed by atoms with Crippen LogP contribution >= 0.6 is 0 Å². The van der Waals surface area contributed by atoms with Gasteiger partial charge in [-0.15, -0.1) is 0 Å². The minimum absolute atomic E-state index is 0.531. The molecule has 0 saturated carbocycles. The fourth-order valence-corrected chi connectivity index (χ4v) is 1.91. The van der Waals surface area contributed by atoms with Crippen LogP contribution in [0.1, 0.15) is 30.5 Å². The second-order valence-corrected chi connectivity index (χ2v) is 5.94. The maximum atomic E-state index is 5.66. The van der Waals surface area contributed by atoms with Gasteiger partial charge in [0.05, 0.1) is 18.5 Å². The highest BCUT2D eigenvalue weighted by Crippen LogP contribution is 2.15. The standard InChI is InChI=1S/C19H24N2O/c1-14(2)13-22-19-9-6-17(7-10-19)12-20-21-18-8-5-15(3)16(4)11-18/h5-12,14,21H,13H2,1-4H3/b20-12+. The second kappa shape index (κ2) is 7.64. The fourth-order valence-electron chi connectivity index (χ4n) is 1.91. The first-order valence-electron chi connectivity index (χ1n) is 7.64. The molecule has 1 N–H and O–H groups in total. The molecule has 0 fully saturated rings. The van der Waals surface area contributed by atoms with Crippen molar-refractivity contribution in [3.05, 3.63) is 59.2 Å². The molecule has 0 saturated heterocycles. The molecule has 0 heterocycles. The molecule has 0 aliphatic rings. The molecule has 2 aromatic carbocycles. The Hall–Kier alpha value is -2.29. The van der Waals surface area contributed by atoms with E-state index in [1.165, 1.54) is 11.1 Å². The van der Waals surface area contributed by atoms with Gasteiger partial charge < -0.3 is 4.74 Å². The zero-order valence-electron chi connectivity index (χ0n) is 13.8. The van der Waals surface area contributed by atoms with Crippen LogP contribution < -0.4 is 10.2 Å². The van der Waals surface area contributed by atoms with Crippen LogP contribution in [0.25, 0.3) is 0 Å². The van der Waals surface area contributed by atoms with Gasteiger partial charge in [-0.3, -0.25) is 5.43 Å². The zero-order chi connectivity index (χ0) is 15.9. The lowest BCUT2D eigenvalue weighted by Gasteiger charge is -2.08. The number of hydrogen-bond acceptors (Lipinski definition) is 3. The van der Waals surface area contributed by atoms with E-state index in [0.717, 1.165) is 23.6 Å². The first-order chi connectivity index (χ1) is 10.5. The third-order valence-corrected chi connectivity index (χ3v) is 3.38. The molecule has 2 rings (SSSR count). The number of nitrogens with zero attached hydrogens (tertiary/aromatic N) is 1. The molecule has 0 amide bonds. The van der Waals surface area contributed by atoms with Crippen molar-refractivity contribution in [1.82, 2.24) is 0 Å². The summed E-state index contributed by atoms with van der Waals surface area (Å²) in [5.41, 5.74) is 7.63. The summed E-state index contributed by atoms with van der Waals surface area (Å²) in [5.74, 6) is 1.43. The summed E-state index contributed by atoms with van der Waals surface area (Å²) < 4.78 is 5.66. The first-order valence-corrected chi connectivity index (χ1v) is 7.64. The molecule has 0 atom stereocenters. The third kappa shape index (κ3) is 4.92. The highest BCUT2D eigenvalue weighted by molar-refractivity contribution is 5.80. The Kier molecular flexibility index (Phi) is 5.59. The van der Waals surface area contributed by atoms with E-state index in [4.69, 9.17) is 4.74 Å². The molecule has 0 bridgehead atoms. The summed E-state index contributed by atoms with van der Waals surface area (Å²) in [6, 6.07) is 14.2. The minimum atomic E-state index is 0.531. The van der Waals surface area contributed by atoms with E-state index in [-0.39, 0.29) is 0 Å². The molecule has 0 spiro atoms. The Labute approximate surface area is 133 Å². The first kappa shape index (κ1) is 16.1. The van der Waals surface area contributed by atoms with Crippen LogP contribution in [0.2, 0.25) is 0 Å². The van der Waals surface area contributed by atoms with Gasteiger partial charge in [-0.05, 0) is 72.9 Å². The van der Waals surface area contributed by atoms with Gasteiger partial charge in [-0.1, -0.05) is 19.9 Å². The van der Waals surface area contributed by atoms with Crippen molar-refractivity contribution < 1.29 is 4.74 Å². The van der Waals surface area contributed by atoms with Gasteiger partial charge in [0.25, 0.3) is 0 Å². The quantitative estimate of drug-likeness (QED) is 0.614. The lowest BCUT2D eigenvalue weighted by Crippen LogP contribution is -2.04. The average molecular weight is 296 g/mol. The molecule has 0 radical (unpaired) electrons. The number of hydrazone groups is 1. The maximum absolute atomic E-state index is 5.66. The summed E-state index contributed by atoms with van der Waals surface area (Å²) in [5, 5.41) is 4.27. The molecule has 22 heavy (non-hydrogen) atoms. The van der Waals surface area contributed by atoms with Gasteiger partial charge in [-0.2, -0.15) is 5.10 Å². The average Bonchev–Trinajstić information content (AvgIpc) is 2.50. The Morgan fingerprint density at radius 3 is 2.41 bits per heavy atom. The number of aryl methyl sites for hydroxylation is 2. The molecule has 0 aliphatic heterocycles. The van der Waals surface area contributed by atoms with Crippen LogP contribution in [-0.2, 0) is 0 Å². The molecule has 3 heteroatoms. The van der Waals surface area contributed by atoms with E-state index in [0.29, 0.717) is 5.92 Å². The number of anilines is 1. The van der Waals surface area contributed by atoms with Crippen molar-refractivity contribution in [1.29, 1.82) is 0 Å². The number of nitrogens with one attached hydrogen (secondary N) is 1. The minimum Gasteiger partial charge on any atom is -0.493 e. The van der Waals surface area contributed by atoms with Crippen molar-refractivity contribution in [3.8, 4) is 5.75 Å². The lowest BCUT2D eigenvalue weighted by atomic mass is 10.1. The number of rotatable bonds is 6. The number of ether oxygens (including phenoxy) is 1. The van der Waals surface area contributed by atoms with E-state index < -0.39 is 0 Å². The summed E-state index contributed by atoms with van der Waals surface area (Å²) in [7, 11) is 0. The summed E-state index contributed by atoms with van der Waals surface area (Å²) in [6.07, 6.45) is 1.81. The number of hydrogen-bond donors (Lipinski definition) is 1. The predicted molar refractivity (Wildman–Crippen MR) is 93.9 cm³/mol. The van der Waals surface area contributed by atoms with Crippen LogP contribution in [0.4, 0.5) is 5.69 Å². The van der Waals surface area contributed by atoms with Crippen LogP contribution in [0.5, 0.6) is 5.75 Å². The van der Waals surface area contributed by atoms with Gasteiger partial charge in [0.15, 0.2) is 0 Å². The van der Waals surface area contributed by atoms with Gasteiger partial charge in [-0.25, -0.2) is 0 Å². The fraction of sp³-hybridized carbons (Fsp3) is 0.316. The number of benzene rings is 2. The smallest absolute Gasteiger partial charge is 0.119 e. The third-order valence-electron chi connectivity index (χ3n) is 3.38. The van der Waals surface area contributed by atoms with Crippen LogP contribution in [0.3, 0.4) is 0 Å². The zero-order valence-corrected chi connectivity index (χ0v) is 13.8. The van der Waals surface area contributed by atoms with Crippen molar-refractivity contribution in [2.45, 2.75) is 27.7 Å². The Morgan fingerprint density at radius 2 is 1.77 bits per heavy atom. The molecule has 0 unspecified atom stereocenters.